The van der Waals surface area contributed by atoms with E-state index in [1.807, 2.05) is 6.07 Å². The molecule has 1 rings (SSSR count). The van der Waals surface area contributed by atoms with Gasteiger partial charge in [-0.15, -0.1) is 0 Å². The highest BCUT2D eigenvalue weighted by molar-refractivity contribution is 5.46. The molecule has 0 saturated carbocycles. The summed E-state index contributed by atoms with van der Waals surface area (Å²) in [5, 5.41) is 2.88. The molecule has 0 fully saturated rings. The largest absolute Gasteiger partial charge is 0.382 e. The van der Waals surface area contributed by atoms with Crippen LogP contribution in [0.25, 0.3) is 0 Å². The highest BCUT2D eigenvalue weighted by atomic mass is 19.1. The van der Waals surface area contributed by atoms with E-state index in [1.54, 1.807) is 18.2 Å². The number of nitrogens with one attached hydrogen (secondary N) is 1. The molecule has 1 aromatic rings. The van der Waals surface area contributed by atoms with Crippen LogP contribution >= 0.6 is 0 Å². The lowest BCUT2D eigenvalue weighted by atomic mass is 10.2. The van der Waals surface area contributed by atoms with Crippen molar-refractivity contribution in [2.24, 2.45) is 5.90 Å². The van der Waals surface area contributed by atoms with Crippen LogP contribution in [0.2, 0.25) is 0 Å². The minimum atomic E-state index is -1.12. The Labute approximate surface area is 83.0 Å². The average Bonchev–Trinajstić information content (AvgIpc) is 2.15. The third kappa shape index (κ3) is 3.72. The predicted octanol–water partition coefficient (Wildman–Crippen LogP) is 1.39. The second kappa shape index (κ2) is 5.57. The van der Waals surface area contributed by atoms with E-state index in [2.05, 4.69) is 10.2 Å². The first kappa shape index (κ1) is 10.9. The predicted molar refractivity (Wildman–Crippen MR) is 53.4 cm³/mol. The van der Waals surface area contributed by atoms with Gasteiger partial charge in [0.2, 0.25) is 0 Å². The molecule has 0 amide bonds. The Morgan fingerprint density at radius 3 is 3.00 bits per heavy atom. The fourth-order valence-electron chi connectivity index (χ4n) is 1.04. The highest BCUT2D eigenvalue weighted by Gasteiger charge is 2.05. The standard InChI is InChI=1S/C10H13FN2O/c1-8-3-2-4-10(5-8)13-6-9(11)7-14-12/h1-5,9,13H,6-7,12H2. The van der Waals surface area contributed by atoms with E-state index in [4.69, 9.17) is 12.8 Å². The van der Waals surface area contributed by atoms with Crippen molar-refractivity contribution >= 4 is 5.69 Å². The zero-order chi connectivity index (χ0) is 10.4. The summed E-state index contributed by atoms with van der Waals surface area (Å²) >= 11 is 0. The molecule has 0 aliphatic carbocycles. The van der Waals surface area contributed by atoms with Gasteiger partial charge in [-0.05, 0) is 24.6 Å². The maximum Gasteiger partial charge on any atom is 0.142 e. The molecule has 0 spiro atoms. The van der Waals surface area contributed by atoms with E-state index in [9.17, 15) is 4.39 Å². The van der Waals surface area contributed by atoms with Crippen LogP contribution < -0.4 is 11.2 Å². The van der Waals surface area contributed by atoms with Gasteiger partial charge in [0.25, 0.3) is 0 Å². The minimum Gasteiger partial charge on any atom is -0.382 e. The quantitative estimate of drug-likeness (QED) is 0.699. The zero-order valence-corrected chi connectivity index (χ0v) is 7.74. The van der Waals surface area contributed by atoms with E-state index in [0.29, 0.717) is 5.56 Å². The summed E-state index contributed by atoms with van der Waals surface area (Å²) in [7, 11) is 0. The Morgan fingerprint density at radius 2 is 2.36 bits per heavy atom. The molecule has 4 heteroatoms. The number of hydrogen-bond acceptors (Lipinski definition) is 3. The minimum absolute atomic E-state index is 0.116. The van der Waals surface area contributed by atoms with Crippen molar-refractivity contribution in [3.63, 3.8) is 0 Å². The first-order valence-electron chi connectivity index (χ1n) is 4.27. The van der Waals surface area contributed by atoms with Crippen LogP contribution in [0.5, 0.6) is 0 Å². The second-order valence-electron chi connectivity index (χ2n) is 2.94. The van der Waals surface area contributed by atoms with Crippen LogP contribution in [-0.4, -0.2) is 19.3 Å². The summed E-state index contributed by atoms with van der Waals surface area (Å²) in [5.74, 6) is 4.73. The monoisotopic (exact) mass is 196 g/mol. The highest BCUT2D eigenvalue weighted by Crippen LogP contribution is 2.09. The van der Waals surface area contributed by atoms with Gasteiger partial charge in [-0.3, -0.25) is 0 Å². The van der Waals surface area contributed by atoms with Crippen LogP contribution in [0.1, 0.15) is 5.56 Å². The number of benzene rings is 1. The Hall–Kier alpha value is -1.13. The number of hydrogen-bond donors (Lipinski definition) is 2. The number of nitrogens with two attached hydrogens (primary N) is 1. The SMILES string of the molecule is [CH]c1cccc(NCC(F)CON)c1. The van der Waals surface area contributed by atoms with Crippen molar-refractivity contribution in [1.29, 1.82) is 0 Å². The van der Waals surface area contributed by atoms with Crippen LogP contribution in [0.4, 0.5) is 10.1 Å². The molecule has 14 heavy (non-hydrogen) atoms. The summed E-state index contributed by atoms with van der Waals surface area (Å²) in [6.45, 7) is 5.58. The van der Waals surface area contributed by atoms with Crippen molar-refractivity contribution in [3.05, 3.63) is 36.8 Å². The third-order valence-corrected chi connectivity index (χ3v) is 1.69. The molecule has 3 N–H and O–H groups in total. The van der Waals surface area contributed by atoms with Crippen molar-refractivity contribution < 1.29 is 9.23 Å². The topological polar surface area (TPSA) is 47.3 Å². The fourth-order valence-corrected chi connectivity index (χ4v) is 1.04. The summed E-state index contributed by atoms with van der Waals surface area (Å²) in [6, 6.07) is 7.11. The molecule has 0 saturated heterocycles. The summed E-state index contributed by atoms with van der Waals surface area (Å²) in [4.78, 5) is 4.18. The molecule has 0 aliphatic rings. The molecule has 76 valence electrons. The summed E-state index contributed by atoms with van der Waals surface area (Å²) in [6.07, 6.45) is -1.12. The van der Waals surface area contributed by atoms with Crippen LogP contribution in [0, 0.1) is 6.92 Å². The van der Waals surface area contributed by atoms with Gasteiger partial charge in [-0.1, -0.05) is 12.1 Å². The van der Waals surface area contributed by atoms with Crippen LogP contribution in [-0.2, 0) is 4.84 Å². The second-order valence-corrected chi connectivity index (χ2v) is 2.94. The normalized spacial score (nSPS) is 12.5. The first-order chi connectivity index (χ1) is 6.72. The van der Waals surface area contributed by atoms with Crippen molar-refractivity contribution in [2.45, 2.75) is 6.17 Å². The summed E-state index contributed by atoms with van der Waals surface area (Å²) in [5.41, 5.74) is 1.42. The molecule has 0 heterocycles. The zero-order valence-electron chi connectivity index (χ0n) is 7.74. The molecule has 1 atom stereocenters. The Morgan fingerprint density at radius 1 is 1.57 bits per heavy atom. The molecular formula is C10H13FN2O. The fraction of sp³-hybridized carbons (Fsp3) is 0.300. The van der Waals surface area contributed by atoms with E-state index in [-0.39, 0.29) is 13.2 Å². The van der Waals surface area contributed by atoms with Gasteiger partial charge >= 0.3 is 0 Å². The molecular weight excluding hydrogens is 183 g/mol. The maximum atomic E-state index is 12.9. The van der Waals surface area contributed by atoms with Crippen molar-refractivity contribution in [1.82, 2.24) is 0 Å². The molecule has 3 nitrogen and oxygen atoms in total. The Kier molecular flexibility index (Phi) is 4.35. The number of anilines is 1. The van der Waals surface area contributed by atoms with Gasteiger partial charge in [0.15, 0.2) is 0 Å². The first-order valence-corrected chi connectivity index (χ1v) is 4.27. The van der Waals surface area contributed by atoms with Gasteiger partial charge in [-0.2, -0.15) is 0 Å². The average molecular weight is 196 g/mol. The number of halogens is 1. The van der Waals surface area contributed by atoms with Gasteiger partial charge in [0, 0.05) is 12.2 Å². The smallest absolute Gasteiger partial charge is 0.142 e. The Balaban J connectivity index is 2.37. The van der Waals surface area contributed by atoms with E-state index < -0.39 is 6.17 Å². The van der Waals surface area contributed by atoms with Crippen LogP contribution in [0.15, 0.2) is 24.3 Å². The van der Waals surface area contributed by atoms with Crippen molar-refractivity contribution in [3.8, 4) is 0 Å². The van der Waals surface area contributed by atoms with Gasteiger partial charge in [0.1, 0.15) is 12.8 Å². The number of rotatable bonds is 5. The van der Waals surface area contributed by atoms with Crippen LogP contribution in [0.3, 0.4) is 0 Å². The van der Waals surface area contributed by atoms with E-state index >= 15 is 0 Å². The lowest BCUT2D eigenvalue weighted by Crippen LogP contribution is -2.22. The van der Waals surface area contributed by atoms with E-state index in [0.717, 1.165) is 5.69 Å². The van der Waals surface area contributed by atoms with Gasteiger partial charge < -0.3 is 10.2 Å². The third-order valence-electron chi connectivity index (χ3n) is 1.69. The molecule has 2 radical (unpaired) electrons. The van der Waals surface area contributed by atoms with Crippen molar-refractivity contribution in [2.75, 3.05) is 18.5 Å². The molecule has 0 bridgehead atoms. The lowest BCUT2D eigenvalue weighted by molar-refractivity contribution is 0.0866. The molecule has 1 aromatic carbocycles. The van der Waals surface area contributed by atoms with E-state index in [1.165, 1.54) is 0 Å². The maximum absolute atomic E-state index is 12.9. The summed E-state index contributed by atoms with van der Waals surface area (Å²) < 4.78 is 12.9. The van der Waals surface area contributed by atoms with Gasteiger partial charge in [-0.25, -0.2) is 10.3 Å². The Bertz CT molecular complexity index is 281. The number of alkyl halides is 1. The molecule has 0 aliphatic heterocycles. The van der Waals surface area contributed by atoms with Gasteiger partial charge in [0.05, 0.1) is 0 Å². The molecule has 0 aromatic heterocycles. The lowest BCUT2D eigenvalue weighted by Gasteiger charge is -2.09. The molecule has 1 unspecified atom stereocenters.